The van der Waals surface area contributed by atoms with Crippen molar-refractivity contribution in [2.24, 2.45) is 0 Å². The van der Waals surface area contributed by atoms with Gasteiger partial charge in [-0.25, -0.2) is 9.59 Å². The summed E-state index contributed by atoms with van der Waals surface area (Å²) < 4.78 is 9.60. The number of epoxide rings is 1. The van der Waals surface area contributed by atoms with E-state index in [1.54, 1.807) is 38.1 Å². The Bertz CT molecular complexity index is 619. The van der Waals surface area contributed by atoms with E-state index in [9.17, 15) is 19.8 Å². The van der Waals surface area contributed by atoms with E-state index in [0.29, 0.717) is 30.8 Å². The van der Waals surface area contributed by atoms with Crippen LogP contribution in [0.4, 0.5) is 0 Å². The van der Waals surface area contributed by atoms with E-state index >= 15 is 0 Å². The lowest BCUT2D eigenvalue weighted by atomic mass is 10.0. The van der Waals surface area contributed by atoms with Crippen LogP contribution in [-0.4, -0.2) is 46.6 Å². The number of rotatable bonds is 6. The summed E-state index contributed by atoms with van der Waals surface area (Å²) in [5, 5.41) is 26.6. The van der Waals surface area contributed by atoms with Crippen molar-refractivity contribution >= 4 is 11.9 Å². The van der Waals surface area contributed by atoms with Gasteiger partial charge < -0.3 is 24.8 Å². The molecule has 1 saturated heterocycles. The van der Waals surface area contributed by atoms with E-state index < -0.39 is 11.8 Å². The van der Waals surface area contributed by atoms with Crippen molar-refractivity contribution in [3.63, 3.8) is 0 Å². The zero-order valence-corrected chi connectivity index (χ0v) is 16.0. The van der Waals surface area contributed by atoms with Crippen LogP contribution in [0.1, 0.15) is 32.8 Å². The number of ether oxygens (including phenoxy) is 2. The van der Waals surface area contributed by atoms with Gasteiger partial charge in [0.15, 0.2) is 5.79 Å². The normalized spacial score (nSPS) is 14.5. The maximum Gasteiger partial charge on any atom is 0.333 e. The lowest BCUT2D eigenvalue weighted by Crippen LogP contribution is -2.23. The van der Waals surface area contributed by atoms with E-state index in [2.05, 4.69) is 13.2 Å². The van der Waals surface area contributed by atoms with Crippen molar-refractivity contribution in [3.8, 4) is 0 Å². The smallest absolute Gasteiger partial charge is 0.333 e. The highest BCUT2D eigenvalue weighted by atomic mass is 16.6. The highest BCUT2D eigenvalue weighted by Crippen LogP contribution is 2.20. The monoisotopic (exact) mass is 380 g/mol. The Balaban J connectivity index is 0.000000394. The van der Waals surface area contributed by atoms with Gasteiger partial charge >= 0.3 is 11.9 Å². The topological polar surface area (TPSA) is 117 Å². The summed E-state index contributed by atoms with van der Waals surface area (Å²) in [6.07, 6.45) is 0.445. The first-order valence-electron chi connectivity index (χ1n) is 8.34. The molecule has 1 aromatic rings. The number of carbonyl (C=O) groups is 2. The number of benzene rings is 1. The molecule has 1 unspecified atom stereocenters. The van der Waals surface area contributed by atoms with Crippen molar-refractivity contribution in [2.75, 3.05) is 13.2 Å². The van der Waals surface area contributed by atoms with Crippen LogP contribution in [0.5, 0.6) is 0 Å². The molecule has 1 aromatic carbocycles. The number of esters is 1. The molecule has 0 saturated carbocycles. The molecule has 0 amide bonds. The summed E-state index contributed by atoms with van der Waals surface area (Å²) in [7, 11) is 0. The molecule has 1 heterocycles. The summed E-state index contributed by atoms with van der Waals surface area (Å²) in [6, 6.07) is 8.81. The van der Waals surface area contributed by atoms with Crippen LogP contribution in [0.2, 0.25) is 0 Å². The highest BCUT2D eigenvalue weighted by molar-refractivity contribution is 5.86. The third-order valence-electron chi connectivity index (χ3n) is 3.25. The molecule has 1 fully saturated rings. The Morgan fingerprint density at radius 3 is 2.00 bits per heavy atom. The summed E-state index contributed by atoms with van der Waals surface area (Å²) in [4.78, 5) is 20.3. The third-order valence-corrected chi connectivity index (χ3v) is 3.25. The number of hydrogen-bond acceptors (Lipinski definition) is 6. The summed E-state index contributed by atoms with van der Waals surface area (Å²) in [5.74, 6) is -2.94. The second-order valence-electron chi connectivity index (χ2n) is 5.96. The van der Waals surface area contributed by atoms with Crippen LogP contribution in [0, 0.1) is 0 Å². The van der Waals surface area contributed by atoms with Crippen LogP contribution in [0.25, 0.3) is 0 Å². The van der Waals surface area contributed by atoms with Gasteiger partial charge in [0, 0.05) is 23.1 Å². The van der Waals surface area contributed by atoms with Crippen molar-refractivity contribution in [1.29, 1.82) is 0 Å². The van der Waals surface area contributed by atoms with Crippen molar-refractivity contribution in [2.45, 2.75) is 39.1 Å². The number of aliphatic carboxylic acids is 1. The maximum absolute atomic E-state index is 10.7. The van der Waals surface area contributed by atoms with Gasteiger partial charge in [-0.1, -0.05) is 50.4 Å². The van der Waals surface area contributed by atoms with Gasteiger partial charge in [-0.2, -0.15) is 0 Å². The van der Waals surface area contributed by atoms with Crippen molar-refractivity contribution in [1.82, 2.24) is 0 Å². The predicted octanol–water partition coefficient (Wildman–Crippen LogP) is 2.39. The first-order valence-corrected chi connectivity index (χ1v) is 8.34. The second-order valence-corrected chi connectivity index (χ2v) is 5.96. The minimum Gasteiger partial charge on any atom is -0.478 e. The summed E-state index contributed by atoms with van der Waals surface area (Å²) >= 11 is 0. The molecular weight excluding hydrogens is 352 g/mol. The number of aliphatic hydroxyl groups is 2. The predicted molar refractivity (Wildman–Crippen MR) is 101 cm³/mol. The first-order chi connectivity index (χ1) is 12.5. The Kier molecular flexibility index (Phi) is 10.9. The third kappa shape index (κ3) is 11.7. The van der Waals surface area contributed by atoms with Gasteiger partial charge in [0.2, 0.25) is 0 Å². The van der Waals surface area contributed by atoms with Crippen LogP contribution in [-0.2, 0) is 24.8 Å². The lowest BCUT2D eigenvalue weighted by Gasteiger charge is -2.19. The molecule has 7 nitrogen and oxygen atoms in total. The van der Waals surface area contributed by atoms with E-state index in [0.717, 1.165) is 0 Å². The fraction of sp³-hybridized carbons (Fsp3) is 0.400. The van der Waals surface area contributed by atoms with E-state index in [1.165, 1.54) is 6.92 Å². The minimum absolute atomic E-state index is 0.142. The Labute approximate surface area is 159 Å². The zero-order valence-electron chi connectivity index (χ0n) is 16.0. The number of hydrogen-bond donors (Lipinski definition) is 3. The molecule has 0 bridgehead atoms. The number of carboxylic acids is 1. The van der Waals surface area contributed by atoms with Crippen molar-refractivity contribution < 1.29 is 34.4 Å². The summed E-state index contributed by atoms with van der Waals surface area (Å²) in [6.45, 7) is 12.5. The molecule has 2 rings (SSSR count). The number of carbonyl (C=O) groups excluding carboxylic acids is 1. The van der Waals surface area contributed by atoms with Crippen LogP contribution < -0.4 is 0 Å². The average Bonchev–Trinajstić information content (AvgIpc) is 3.45. The van der Waals surface area contributed by atoms with Crippen LogP contribution in [0.3, 0.4) is 0 Å². The molecule has 0 radical (unpaired) electrons. The lowest BCUT2D eigenvalue weighted by molar-refractivity contribution is -0.171. The highest BCUT2D eigenvalue weighted by Gasteiger charge is 2.24. The minimum atomic E-state index is -1.67. The van der Waals surface area contributed by atoms with Gasteiger partial charge in [-0.3, -0.25) is 0 Å². The maximum atomic E-state index is 10.7. The van der Waals surface area contributed by atoms with Gasteiger partial charge in [-0.15, -0.1) is 0 Å². The van der Waals surface area contributed by atoms with Gasteiger partial charge in [-0.05, 0) is 13.8 Å². The largest absolute Gasteiger partial charge is 0.478 e. The molecule has 0 aliphatic carbocycles. The van der Waals surface area contributed by atoms with Crippen LogP contribution >= 0.6 is 0 Å². The van der Waals surface area contributed by atoms with E-state index in [1.807, 2.05) is 6.07 Å². The molecule has 7 heteroatoms. The first kappa shape index (κ1) is 24.5. The molecule has 1 aliphatic rings. The molecule has 27 heavy (non-hydrogen) atoms. The Hall–Kier alpha value is -2.48. The molecule has 150 valence electrons. The Morgan fingerprint density at radius 1 is 1.19 bits per heavy atom. The fourth-order valence-corrected chi connectivity index (χ4v) is 1.37. The standard InChI is InChI=1S/C9H12O2.C7H10O3.C4H6O2/c1-2-9(10,11)8-6-4-3-5-7-8;1-5(2)7(8)10-4-6-3-9-6;1-3(2)4(5)6/h3-7,10-11H,2H2,1H3;6H,1,3-4H2,2H3;1H2,2H3,(H,5,6). The zero-order chi connectivity index (χ0) is 21.0. The fourth-order valence-electron chi connectivity index (χ4n) is 1.37. The molecular formula is C20H28O7. The SMILES string of the molecule is C=C(C)C(=O)O.C=C(C)C(=O)OCC1CO1.CCC(O)(O)c1ccccc1. The molecule has 0 spiro atoms. The average molecular weight is 380 g/mol. The van der Waals surface area contributed by atoms with Gasteiger partial charge in [0.1, 0.15) is 12.7 Å². The number of carboxylic acid groups (broad SMARTS) is 1. The molecule has 1 aliphatic heterocycles. The van der Waals surface area contributed by atoms with E-state index in [-0.39, 0.29) is 17.6 Å². The summed E-state index contributed by atoms with van der Waals surface area (Å²) in [5.41, 5.74) is 1.15. The van der Waals surface area contributed by atoms with Crippen LogP contribution in [0.15, 0.2) is 54.6 Å². The van der Waals surface area contributed by atoms with Gasteiger partial charge in [0.05, 0.1) is 6.61 Å². The quantitative estimate of drug-likeness (QED) is 0.300. The molecule has 1 atom stereocenters. The molecule has 0 aromatic heterocycles. The van der Waals surface area contributed by atoms with Gasteiger partial charge in [0.25, 0.3) is 0 Å². The van der Waals surface area contributed by atoms with Crippen molar-refractivity contribution in [3.05, 3.63) is 60.2 Å². The second kappa shape index (κ2) is 12.0. The Morgan fingerprint density at radius 2 is 1.67 bits per heavy atom. The van der Waals surface area contributed by atoms with E-state index in [4.69, 9.17) is 14.6 Å². The molecule has 3 N–H and O–H groups in total.